The van der Waals surface area contributed by atoms with Gasteiger partial charge in [-0.1, -0.05) is 81.4 Å². The molecule has 0 amide bonds. The maximum absolute atomic E-state index is 13.2. The second-order valence-electron chi connectivity index (χ2n) is 7.57. The molecule has 1 fully saturated rings. The summed E-state index contributed by atoms with van der Waals surface area (Å²) in [4.78, 5) is 26.2. The summed E-state index contributed by atoms with van der Waals surface area (Å²) in [6.45, 7) is 6.18. The van der Waals surface area contributed by atoms with Crippen molar-refractivity contribution in [2.45, 2.75) is 33.6 Å². The Hall–Kier alpha value is -2.22. The smallest absolute Gasteiger partial charge is 0.169 e. The first kappa shape index (κ1) is 16.6. The average molecular weight is 320 g/mol. The van der Waals surface area contributed by atoms with Crippen molar-refractivity contribution in [3.63, 3.8) is 0 Å². The Bertz CT molecular complexity index is 746. The van der Waals surface area contributed by atoms with Crippen LogP contribution in [0.2, 0.25) is 0 Å². The molecule has 0 aliphatic heterocycles. The number of benzene rings is 2. The van der Waals surface area contributed by atoms with Crippen molar-refractivity contribution in [1.82, 2.24) is 0 Å². The van der Waals surface area contributed by atoms with Crippen LogP contribution in [-0.4, -0.2) is 11.6 Å². The molecular formula is C22H24O2. The molecule has 0 aromatic heterocycles. The molecule has 24 heavy (non-hydrogen) atoms. The molecule has 2 heteroatoms. The third-order valence-corrected chi connectivity index (χ3v) is 6.14. The summed E-state index contributed by atoms with van der Waals surface area (Å²) >= 11 is 0. The van der Waals surface area contributed by atoms with Gasteiger partial charge in [-0.15, -0.1) is 0 Å². The quantitative estimate of drug-likeness (QED) is 0.726. The van der Waals surface area contributed by atoms with Crippen LogP contribution < -0.4 is 0 Å². The largest absolute Gasteiger partial charge is 0.294 e. The fraction of sp³-hybridized carbons (Fsp3) is 0.364. The zero-order valence-corrected chi connectivity index (χ0v) is 14.6. The van der Waals surface area contributed by atoms with E-state index >= 15 is 0 Å². The number of ketones is 2. The number of rotatable bonds is 4. The molecule has 1 aliphatic carbocycles. The van der Waals surface area contributed by atoms with Crippen LogP contribution in [0, 0.1) is 16.7 Å². The molecule has 0 bridgehead atoms. The topological polar surface area (TPSA) is 34.1 Å². The Labute approximate surface area is 143 Å². The molecule has 1 aliphatic rings. The molecule has 3 rings (SSSR count). The molecule has 0 N–H and O–H groups in total. The van der Waals surface area contributed by atoms with Crippen molar-refractivity contribution in [3.8, 4) is 0 Å². The summed E-state index contributed by atoms with van der Waals surface area (Å²) in [6.07, 6.45) is 1.51. The standard InChI is InChI=1S/C22H24O2/c1-21(2)18(19(23)16-10-6-4-7-11-16)14-15-22(21,3)20(24)17-12-8-5-9-13-17/h4-13,18H,14-15H2,1-3H3. The van der Waals surface area contributed by atoms with Crippen molar-refractivity contribution in [1.29, 1.82) is 0 Å². The first-order valence-corrected chi connectivity index (χ1v) is 8.57. The molecule has 0 saturated heterocycles. The number of hydrogen-bond donors (Lipinski definition) is 0. The van der Waals surface area contributed by atoms with E-state index < -0.39 is 5.41 Å². The summed E-state index contributed by atoms with van der Waals surface area (Å²) in [5, 5.41) is 0. The molecule has 0 radical (unpaired) electrons. The fourth-order valence-electron chi connectivity index (χ4n) is 4.08. The molecule has 2 aromatic rings. The Morgan fingerprint density at radius 1 is 0.833 bits per heavy atom. The molecule has 2 aromatic carbocycles. The predicted octanol–water partition coefficient (Wildman–Crippen LogP) is 5.19. The third-order valence-electron chi connectivity index (χ3n) is 6.14. The minimum atomic E-state index is -0.524. The Balaban J connectivity index is 1.93. The van der Waals surface area contributed by atoms with E-state index in [1.165, 1.54) is 0 Å². The minimum absolute atomic E-state index is 0.127. The lowest BCUT2D eigenvalue weighted by Gasteiger charge is -2.40. The molecule has 124 valence electrons. The van der Waals surface area contributed by atoms with Gasteiger partial charge in [0, 0.05) is 22.5 Å². The van der Waals surface area contributed by atoms with Crippen molar-refractivity contribution >= 4 is 11.6 Å². The van der Waals surface area contributed by atoms with E-state index in [1.807, 2.05) is 67.6 Å². The lowest BCUT2D eigenvalue weighted by atomic mass is 9.61. The molecule has 0 heterocycles. The highest BCUT2D eigenvalue weighted by atomic mass is 16.1. The highest BCUT2D eigenvalue weighted by Gasteiger charge is 2.57. The molecule has 2 unspecified atom stereocenters. The van der Waals surface area contributed by atoms with Crippen LogP contribution in [-0.2, 0) is 0 Å². The van der Waals surface area contributed by atoms with Gasteiger partial charge in [0.05, 0.1) is 0 Å². The van der Waals surface area contributed by atoms with E-state index in [9.17, 15) is 9.59 Å². The van der Waals surface area contributed by atoms with E-state index in [0.717, 1.165) is 24.0 Å². The maximum Gasteiger partial charge on any atom is 0.169 e. The highest BCUT2D eigenvalue weighted by molar-refractivity contribution is 6.03. The van der Waals surface area contributed by atoms with Crippen molar-refractivity contribution < 1.29 is 9.59 Å². The summed E-state index contributed by atoms with van der Waals surface area (Å²) in [5.41, 5.74) is 0.573. The Morgan fingerprint density at radius 3 is 1.88 bits per heavy atom. The lowest BCUT2D eigenvalue weighted by molar-refractivity contribution is 0.0493. The molecular weight excluding hydrogens is 296 g/mol. The monoisotopic (exact) mass is 320 g/mol. The van der Waals surface area contributed by atoms with Gasteiger partial charge in [-0.3, -0.25) is 9.59 Å². The van der Waals surface area contributed by atoms with Gasteiger partial charge >= 0.3 is 0 Å². The van der Waals surface area contributed by atoms with Gasteiger partial charge in [-0.2, -0.15) is 0 Å². The first-order chi connectivity index (χ1) is 11.4. The van der Waals surface area contributed by atoms with E-state index in [-0.39, 0.29) is 22.9 Å². The normalized spacial score (nSPS) is 25.4. The summed E-state index contributed by atoms with van der Waals surface area (Å²) in [6, 6.07) is 18.9. The Kier molecular flexibility index (Phi) is 4.16. The zero-order valence-electron chi connectivity index (χ0n) is 14.6. The van der Waals surface area contributed by atoms with E-state index in [2.05, 4.69) is 13.8 Å². The highest BCUT2D eigenvalue weighted by Crippen LogP contribution is 2.58. The molecule has 2 nitrogen and oxygen atoms in total. The van der Waals surface area contributed by atoms with E-state index in [1.54, 1.807) is 0 Å². The van der Waals surface area contributed by atoms with Crippen molar-refractivity contribution in [3.05, 3.63) is 71.8 Å². The van der Waals surface area contributed by atoms with Crippen LogP contribution in [0.4, 0.5) is 0 Å². The second kappa shape index (κ2) is 6.01. The van der Waals surface area contributed by atoms with Crippen LogP contribution in [0.5, 0.6) is 0 Å². The van der Waals surface area contributed by atoms with E-state index in [4.69, 9.17) is 0 Å². The SMILES string of the molecule is CC1(C(=O)c2ccccc2)CCC(C(=O)c2ccccc2)C1(C)C. The van der Waals surface area contributed by atoms with Crippen LogP contribution >= 0.6 is 0 Å². The molecule has 2 atom stereocenters. The Morgan fingerprint density at radius 2 is 1.33 bits per heavy atom. The van der Waals surface area contributed by atoms with Crippen LogP contribution in [0.25, 0.3) is 0 Å². The van der Waals surface area contributed by atoms with Gasteiger partial charge in [0.1, 0.15) is 0 Å². The minimum Gasteiger partial charge on any atom is -0.294 e. The van der Waals surface area contributed by atoms with Gasteiger partial charge in [0.25, 0.3) is 0 Å². The van der Waals surface area contributed by atoms with Crippen LogP contribution in [0.3, 0.4) is 0 Å². The van der Waals surface area contributed by atoms with Crippen LogP contribution in [0.1, 0.15) is 54.3 Å². The number of Topliss-reactive ketones (excluding diaryl/α,β-unsaturated/α-hetero) is 2. The summed E-state index contributed by atoms with van der Waals surface area (Å²) in [7, 11) is 0. The van der Waals surface area contributed by atoms with Gasteiger partial charge in [0.2, 0.25) is 0 Å². The number of carbonyl (C=O) groups excluding carboxylic acids is 2. The summed E-state index contributed by atoms with van der Waals surface area (Å²) < 4.78 is 0. The number of carbonyl (C=O) groups is 2. The average Bonchev–Trinajstić information content (AvgIpc) is 2.86. The summed E-state index contributed by atoms with van der Waals surface area (Å²) in [5.74, 6) is 0.180. The third kappa shape index (κ3) is 2.50. The predicted molar refractivity (Wildman–Crippen MR) is 96.2 cm³/mol. The number of hydrogen-bond acceptors (Lipinski definition) is 2. The van der Waals surface area contributed by atoms with Crippen LogP contribution in [0.15, 0.2) is 60.7 Å². The van der Waals surface area contributed by atoms with Gasteiger partial charge < -0.3 is 0 Å². The van der Waals surface area contributed by atoms with Crippen molar-refractivity contribution in [2.75, 3.05) is 0 Å². The maximum atomic E-state index is 13.2. The van der Waals surface area contributed by atoms with Crippen molar-refractivity contribution in [2.24, 2.45) is 16.7 Å². The first-order valence-electron chi connectivity index (χ1n) is 8.57. The van der Waals surface area contributed by atoms with Gasteiger partial charge in [-0.05, 0) is 18.3 Å². The lowest BCUT2D eigenvalue weighted by Crippen LogP contribution is -2.42. The molecule has 1 saturated carbocycles. The fourth-order valence-corrected chi connectivity index (χ4v) is 4.08. The van der Waals surface area contributed by atoms with Gasteiger partial charge in [0.15, 0.2) is 11.6 Å². The van der Waals surface area contributed by atoms with Gasteiger partial charge in [-0.25, -0.2) is 0 Å². The van der Waals surface area contributed by atoms with E-state index in [0.29, 0.717) is 0 Å². The zero-order chi connectivity index (χ0) is 17.4. The second-order valence-corrected chi connectivity index (χ2v) is 7.57. The molecule has 0 spiro atoms.